The van der Waals surface area contributed by atoms with E-state index in [1.807, 2.05) is 39.0 Å². The Balaban J connectivity index is 2.16. The molecule has 0 spiro atoms. The Kier molecular flexibility index (Phi) is 6.70. The number of ether oxygens (including phenoxy) is 2. The molecular weight excluding hydrogens is 342 g/mol. The first-order chi connectivity index (χ1) is 12.0. The van der Waals surface area contributed by atoms with Gasteiger partial charge in [0.15, 0.2) is 11.5 Å². The zero-order valence-electron chi connectivity index (χ0n) is 15.0. The van der Waals surface area contributed by atoms with Gasteiger partial charge in [-0.05, 0) is 38.0 Å². The first-order valence-electron chi connectivity index (χ1n) is 8.28. The summed E-state index contributed by atoms with van der Waals surface area (Å²) in [5, 5.41) is 7.44. The quantitative estimate of drug-likeness (QED) is 0.768. The lowest BCUT2D eigenvalue weighted by Crippen LogP contribution is -2.25. The Morgan fingerprint density at radius 2 is 2.08 bits per heavy atom. The number of rotatable bonds is 8. The number of nitrogens with one attached hydrogen (secondary N) is 1. The highest BCUT2D eigenvalue weighted by Gasteiger charge is 2.12. The maximum absolute atomic E-state index is 12.2. The van der Waals surface area contributed by atoms with Crippen molar-refractivity contribution in [1.29, 1.82) is 0 Å². The van der Waals surface area contributed by atoms with Crippen molar-refractivity contribution < 1.29 is 9.47 Å². The lowest BCUT2D eigenvalue weighted by atomic mass is 10.2. The molecule has 0 aliphatic carbocycles. The van der Waals surface area contributed by atoms with Gasteiger partial charge in [-0.1, -0.05) is 24.6 Å². The molecule has 1 aromatic carbocycles. The van der Waals surface area contributed by atoms with Crippen LogP contribution in [0.2, 0.25) is 5.02 Å². The molecule has 2 rings (SSSR count). The van der Waals surface area contributed by atoms with Gasteiger partial charge in [0.05, 0.1) is 31.6 Å². The van der Waals surface area contributed by atoms with E-state index in [0.717, 1.165) is 12.0 Å². The number of halogens is 1. The van der Waals surface area contributed by atoms with Gasteiger partial charge in [-0.15, -0.1) is 0 Å². The fourth-order valence-corrected chi connectivity index (χ4v) is 2.49. The van der Waals surface area contributed by atoms with Crippen molar-refractivity contribution in [2.45, 2.75) is 39.8 Å². The Morgan fingerprint density at radius 3 is 2.72 bits per heavy atom. The van der Waals surface area contributed by atoms with Crippen LogP contribution in [0.1, 0.15) is 38.8 Å². The molecule has 0 aliphatic rings. The van der Waals surface area contributed by atoms with Crippen LogP contribution in [0, 0.1) is 0 Å². The van der Waals surface area contributed by atoms with Crippen LogP contribution in [0.5, 0.6) is 11.5 Å². The van der Waals surface area contributed by atoms with Crippen LogP contribution in [-0.4, -0.2) is 23.5 Å². The third-order valence-corrected chi connectivity index (χ3v) is 3.97. The highest BCUT2D eigenvalue weighted by molar-refractivity contribution is 6.32. The summed E-state index contributed by atoms with van der Waals surface area (Å²) < 4.78 is 12.4. The minimum Gasteiger partial charge on any atom is -0.493 e. The fourth-order valence-electron chi connectivity index (χ4n) is 2.29. The van der Waals surface area contributed by atoms with Crippen molar-refractivity contribution in [2.24, 2.45) is 0 Å². The van der Waals surface area contributed by atoms with Crippen LogP contribution in [0.25, 0.3) is 0 Å². The number of benzene rings is 1. The van der Waals surface area contributed by atoms with Crippen LogP contribution >= 0.6 is 11.6 Å². The van der Waals surface area contributed by atoms with Gasteiger partial charge in [-0.3, -0.25) is 4.79 Å². The van der Waals surface area contributed by atoms with E-state index in [1.165, 1.54) is 4.68 Å². The predicted molar refractivity (Wildman–Crippen MR) is 100.0 cm³/mol. The topological polar surface area (TPSA) is 65.4 Å². The summed E-state index contributed by atoms with van der Waals surface area (Å²) in [4.78, 5) is 12.2. The average molecular weight is 366 g/mol. The van der Waals surface area contributed by atoms with E-state index in [1.54, 1.807) is 13.3 Å². The van der Waals surface area contributed by atoms with Crippen LogP contribution in [0.4, 0.5) is 5.69 Å². The minimum absolute atomic E-state index is 0.0427. The first kappa shape index (κ1) is 19.1. The Bertz CT molecular complexity index is 775. The summed E-state index contributed by atoms with van der Waals surface area (Å²) in [5.74, 6) is 1.39. The molecule has 0 saturated heterocycles. The number of aromatic nitrogens is 2. The largest absolute Gasteiger partial charge is 0.493 e. The van der Waals surface area contributed by atoms with E-state index in [4.69, 9.17) is 21.1 Å². The molecule has 1 N–H and O–H groups in total. The van der Waals surface area contributed by atoms with Gasteiger partial charge < -0.3 is 14.8 Å². The van der Waals surface area contributed by atoms with E-state index in [0.29, 0.717) is 30.3 Å². The average Bonchev–Trinajstić information content (AvgIpc) is 2.60. The van der Waals surface area contributed by atoms with Gasteiger partial charge in [-0.25, -0.2) is 4.68 Å². The van der Waals surface area contributed by atoms with E-state index in [-0.39, 0.29) is 16.6 Å². The second-order valence-corrected chi connectivity index (χ2v) is 6.28. The molecular formula is C18H24ClN3O3. The smallest absolute Gasteiger partial charge is 0.287 e. The van der Waals surface area contributed by atoms with Crippen molar-refractivity contribution in [1.82, 2.24) is 9.78 Å². The predicted octanol–water partition coefficient (Wildman–Crippen LogP) is 3.89. The summed E-state index contributed by atoms with van der Waals surface area (Å²) >= 11 is 6.18. The van der Waals surface area contributed by atoms with Crippen molar-refractivity contribution >= 4 is 17.3 Å². The molecule has 25 heavy (non-hydrogen) atoms. The van der Waals surface area contributed by atoms with Gasteiger partial charge in [0, 0.05) is 6.54 Å². The molecule has 7 heteroatoms. The van der Waals surface area contributed by atoms with Crippen LogP contribution in [-0.2, 0) is 6.54 Å². The Morgan fingerprint density at radius 1 is 1.32 bits per heavy atom. The molecule has 0 unspecified atom stereocenters. The third kappa shape index (κ3) is 4.66. The van der Waals surface area contributed by atoms with Crippen LogP contribution in [0.15, 0.2) is 29.2 Å². The highest BCUT2D eigenvalue weighted by Crippen LogP contribution is 2.28. The molecule has 0 bridgehead atoms. The second kappa shape index (κ2) is 8.76. The van der Waals surface area contributed by atoms with E-state index >= 15 is 0 Å². The molecule has 0 saturated carbocycles. The molecule has 0 fully saturated rings. The summed E-state index contributed by atoms with van der Waals surface area (Å²) in [6.07, 6.45) is 2.49. The normalized spacial score (nSPS) is 10.8. The van der Waals surface area contributed by atoms with Crippen molar-refractivity contribution in [3.05, 3.63) is 45.3 Å². The number of nitrogens with zero attached hydrogens (tertiary/aromatic N) is 2. The zero-order chi connectivity index (χ0) is 18.4. The van der Waals surface area contributed by atoms with Crippen molar-refractivity contribution in [2.75, 3.05) is 19.0 Å². The molecule has 0 atom stereocenters. The number of anilines is 1. The molecule has 0 radical (unpaired) electrons. The molecule has 1 aromatic heterocycles. The minimum atomic E-state index is -0.302. The van der Waals surface area contributed by atoms with Gasteiger partial charge in [0.2, 0.25) is 0 Å². The summed E-state index contributed by atoms with van der Waals surface area (Å²) in [6, 6.07) is 5.66. The number of hydrogen-bond acceptors (Lipinski definition) is 5. The first-order valence-corrected chi connectivity index (χ1v) is 8.66. The van der Waals surface area contributed by atoms with Crippen LogP contribution < -0.4 is 20.3 Å². The lowest BCUT2D eigenvalue weighted by Gasteiger charge is -2.14. The van der Waals surface area contributed by atoms with E-state index < -0.39 is 0 Å². The second-order valence-electron chi connectivity index (χ2n) is 5.90. The van der Waals surface area contributed by atoms with E-state index in [9.17, 15) is 4.79 Å². The Hall–Kier alpha value is -2.21. The summed E-state index contributed by atoms with van der Waals surface area (Å²) in [6.45, 7) is 6.92. The number of methoxy groups -OCH3 is 1. The Labute approximate surface area is 152 Å². The third-order valence-electron chi connectivity index (χ3n) is 3.61. The summed E-state index contributed by atoms with van der Waals surface area (Å²) in [7, 11) is 1.61. The molecule has 6 nitrogen and oxygen atoms in total. The molecule has 1 heterocycles. The highest BCUT2D eigenvalue weighted by atomic mass is 35.5. The maximum atomic E-state index is 12.2. The number of hydrogen-bond donors (Lipinski definition) is 1. The molecule has 136 valence electrons. The van der Waals surface area contributed by atoms with Gasteiger partial charge >= 0.3 is 0 Å². The van der Waals surface area contributed by atoms with Crippen LogP contribution in [0.3, 0.4) is 0 Å². The lowest BCUT2D eigenvalue weighted by molar-refractivity contribution is 0.294. The zero-order valence-corrected chi connectivity index (χ0v) is 15.8. The van der Waals surface area contributed by atoms with Gasteiger partial charge in [0.1, 0.15) is 5.02 Å². The SMILES string of the molecule is CCCOc1cc(CNc2cnn(C(C)C)c(=O)c2Cl)ccc1OC. The fraction of sp³-hybridized carbons (Fsp3) is 0.444. The standard InChI is InChI=1S/C18H24ClN3O3/c1-5-8-25-16-9-13(6-7-15(16)24-4)10-20-14-11-21-22(12(2)3)18(23)17(14)19/h6-7,9,11-12,20H,5,8,10H2,1-4H3. The summed E-state index contributed by atoms with van der Waals surface area (Å²) in [5.41, 5.74) is 1.19. The maximum Gasteiger partial charge on any atom is 0.287 e. The van der Waals surface area contributed by atoms with Crippen molar-refractivity contribution in [3.63, 3.8) is 0 Å². The molecule has 0 amide bonds. The molecule has 0 aliphatic heterocycles. The van der Waals surface area contributed by atoms with Crippen molar-refractivity contribution in [3.8, 4) is 11.5 Å². The monoisotopic (exact) mass is 365 g/mol. The van der Waals surface area contributed by atoms with E-state index in [2.05, 4.69) is 10.4 Å². The van der Waals surface area contributed by atoms with Gasteiger partial charge in [0.25, 0.3) is 5.56 Å². The van der Waals surface area contributed by atoms with Gasteiger partial charge in [-0.2, -0.15) is 5.10 Å². The molecule has 2 aromatic rings.